The Morgan fingerprint density at radius 3 is 2.38 bits per heavy atom. The van der Waals surface area contributed by atoms with Crippen LogP contribution in [-0.4, -0.2) is 23.9 Å². The molecule has 0 heterocycles. The smallest absolute Gasteiger partial charge is 0.382 e. The summed E-state index contributed by atoms with van der Waals surface area (Å²) in [5.41, 5.74) is -2.04. The summed E-state index contributed by atoms with van der Waals surface area (Å²) >= 11 is 0. The summed E-state index contributed by atoms with van der Waals surface area (Å²) in [6, 6.07) is 2.84. The van der Waals surface area contributed by atoms with Crippen LogP contribution in [0.15, 0.2) is 18.2 Å². The quantitative estimate of drug-likeness (QED) is 0.647. The molecule has 0 spiro atoms. The zero-order valence-corrected chi connectivity index (χ0v) is 13.0. The Labute approximate surface area is 136 Å². The monoisotopic (exact) mass is 345 g/mol. The van der Waals surface area contributed by atoms with Crippen molar-refractivity contribution in [3.05, 3.63) is 33.9 Å². The molecule has 1 saturated carbocycles. The predicted octanol–water partition coefficient (Wildman–Crippen LogP) is 3.33. The first kappa shape index (κ1) is 18.0. The fourth-order valence-electron chi connectivity index (χ4n) is 2.95. The Kier molecular flexibility index (Phi) is 5.30. The number of nitro benzene ring substituents is 1. The number of rotatable bonds is 4. The van der Waals surface area contributed by atoms with E-state index in [9.17, 15) is 28.1 Å². The highest BCUT2D eigenvalue weighted by molar-refractivity contribution is 5.78. The summed E-state index contributed by atoms with van der Waals surface area (Å²) in [4.78, 5) is 21.3. The van der Waals surface area contributed by atoms with Crippen LogP contribution in [0.2, 0.25) is 0 Å². The summed E-state index contributed by atoms with van der Waals surface area (Å²) in [6.07, 6.45) is -2.20. The van der Waals surface area contributed by atoms with Crippen molar-refractivity contribution < 1.29 is 22.9 Å². The topological polar surface area (TPSA) is 84.3 Å². The summed E-state index contributed by atoms with van der Waals surface area (Å²) < 4.78 is 38.9. The molecule has 0 saturated heterocycles. The molecule has 0 aliphatic heterocycles. The molecule has 6 nitrogen and oxygen atoms in total. The van der Waals surface area contributed by atoms with Gasteiger partial charge in [-0.25, -0.2) is 0 Å². The molecule has 2 rings (SSSR count). The van der Waals surface area contributed by atoms with Crippen molar-refractivity contribution in [3.63, 3.8) is 0 Å². The van der Waals surface area contributed by atoms with E-state index in [0.29, 0.717) is 25.7 Å². The van der Waals surface area contributed by atoms with Crippen molar-refractivity contribution in [2.24, 2.45) is 5.92 Å². The van der Waals surface area contributed by atoms with Crippen molar-refractivity contribution in [3.8, 4) is 0 Å². The molecular weight excluding hydrogens is 327 g/mol. The standard InChI is InChI=1S/C15H18F3N3O3/c1-19-14(22)9-2-4-10(5-3-9)20-11-6-7-13(21(23)24)12(8-11)15(16,17)18/h6-10,20H,2-5H2,1H3,(H,19,22). The van der Waals surface area contributed by atoms with Gasteiger partial charge in [-0.15, -0.1) is 0 Å². The van der Waals surface area contributed by atoms with Gasteiger partial charge in [0.05, 0.1) is 4.92 Å². The molecule has 1 aromatic rings. The second kappa shape index (κ2) is 7.06. The first-order chi connectivity index (χ1) is 11.2. The lowest BCUT2D eigenvalue weighted by Gasteiger charge is -2.29. The molecule has 1 aliphatic carbocycles. The van der Waals surface area contributed by atoms with E-state index in [4.69, 9.17) is 0 Å². The minimum absolute atomic E-state index is 0.0249. The Morgan fingerprint density at radius 1 is 1.25 bits per heavy atom. The van der Waals surface area contributed by atoms with Gasteiger partial charge in [-0.1, -0.05) is 0 Å². The molecule has 0 unspecified atom stereocenters. The lowest BCUT2D eigenvalue weighted by molar-refractivity contribution is -0.388. The maximum Gasteiger partial charge on any atom is 0.423 e. The van der Waals surface area contributed by atoms with Crippen molar-refractivity contribution in [1.82, 2.24) is 5.32 Å². The van der Waals surface area contributed by atoms with Gasteiger partial charge >= 0.3 is 6.18 Å². The van der Waals surface area contributed by atoms with Crippen molar-refractivity contribution in [2.45, 2.75) is 37.9 Å². The number of carbonyl (C=O) groups is 1. The SMILES string of the molecule is CNC(=O)C1CCC(Nc2ccc([N+](=O)[O-])c(C(F)(F)F)c2)CC1. The van der Waals surface area contributed by atoms with Crippen LogP contribution >= 0.6 is 0 Å². The van der Waals surface area contributed by atoms with E-state index in [2.05, 4.69) is 10.6 Å². The first-order valence-corrected chi connectivity index (χ1v) is 7.56. The number of amides is 1. The maximum atomic E-state index is 13.0. The molecule has 9 heteroatoms. The normalized spacial score (nSPS) is 21.2. The van der Waals surface area contributed by atoms with Gasteiger partial charge in [0.25, 0.3) is 5.69 Å². The number of carbonyl (C=O) groups excluding carboxylic acids is 1. The van der Waals surface area contributed by atoms with E-state index in [1.807, 2.05) is 0 Å². The molecule has 1 fully saturated rings. The van der Waals surface area contributed by atoms with E-state index in [1.54, 1.807) is 7.05 Å². The number of anilines is 1. The van der Waals surface area contributed by atoms with Gasteiger partial charge in [0, 0.05) is 30.8 Å². The molecule has 1 amide bonds. The molecule has 0 radical (unpaired) electrons. The number of hydrogen-bond donors (Lipinski definition) is 2. The van der Waals surface area contributed by atoms with Crippen LogP contribution in [0.4, 0.5) is 24.5 Å². The molecule has 0 atom stereocenters. The number of nitrogens with zero attached hydrogens (tertiary/aromatic N) is 1. The fraction of sp³-hybridized carbons (Fsp3) is 0.533. The van der Waals surface area contributed by atoms with Gasteiger partial charge < -0.3 is 10.6 Å². The highest BCUT2D eigenvalue weighted by Gasteiger charge is 2.38. The number of nitrogens with one attached hydrogen (secondary N) is 2. The van der Waals surface area contributed by atoms with E-state index in [-0.39, 0.29) is 23.6 Å². The largest absolute Gasteiger partial charge is 0.423 e. The molecule has 24 heavy (non-hydrogen) atoms. The first-order valence-electron chi connectivity index (χ1n) is 7.56. The second-order valence-electron chi connectivity index (χ2n) is 5.79. The van der Waals surface area contributed by atoms with Gasteiger partial charge in [0.2, 0.25) is 5.91 Å². The van der Waals surface area contributed by atoms with Gasteiger partial charge in [-0.05, 0) is 37.8 Å². The highest BCUT2D eigenvalue weighted by Crippen LogP contribution is 2.38. The van der Waals surface area contributed by atoms with Crippen LogP contribution in [0.1, 0.15) is 31.2 Å². The van der Waals surface area contributed by atoms with E-state index >= 15 is 0 Å². The Hall–Kier alpha value is -2.32. The minimum atomic E-state index is -4.79. The van der Waals surface area contributed by atoms with Crippen LogP contribution in [0.25, 0.3) is 0 Å². The Balaban J connectivity index is 2.09. The van der Waals surface area contributed by atoms with E-state index < -0.39 is 22.4 Å². The lowest BCUT2D eigenvalue weighted by atomic mass is 9.85. The number of alkyl halides is 3. The average molecular weight is 345 g/mol. The summed E-state index contributed by atoms with van der Waals surface area (Å²) in [6.45, 7) is 0. The third-order valence-electron chi connectivity index (χ3n) is 4.21. The number of halogens is 3. The average Bonchev–Trinajstić information content (AvgIpc) is 2.53. The molecule has 0 aromatic heterocycles. The zero-order chi connectivity index (χ0) is 17.9. The maximum absolute atomic E-state index is 13.0. The van der Waals surface area contributed by atoms with Crippen molar-refractivity contribution in [1.29, 1.82) is 0 Å². The molecular formula is C15H18F3N3O3. The van der Waals surface area contributed by atoms with E-state index in [0.717, 1.165) is 12.1 Å². The molecule has 1 aliphatic rings. The van der Waals surface area contributed by atoms with Gasteiger partial charge in [-0.3, -0.25) is 14.9 Å². The minimum Gasteiger partial charge on any atom is -0.382 e. The fourth-order valence-corrected chi connectivity index (χ4v) is 2.95. The Morgan fingerprint density at radius 2 is 1.88 bits per heavy atom. The number of nitro groups is 1. The molecule has 0 bridgehead atoms. The van der Waals surface area contributed by atoms with Crippen LogP contribution < -0.4 is 10.6 Å². The predicted molar refractivity (Wildman–Crippen MR) is 81.5 cm³/mol. The van der Waals surface area contributed by atoms with Crippen LogP contribution in [-0.2, 0) is 11.0 Å². The number of hydrogen-bond acceptors (Lipinski definition) is 4. The van der Waals surface area contributed by atoms with Gasteiger partial charge in [0.1, 0.15) is 5.56 Å². The van der Waals surface area contributed by atoms with Crippen LogP contribution in [0, 0.1) is 16.0 Å². The van der Waals surface area contributed by atoms with E-state index in [1.165, 1.54) is 6.07 Å². The molecule has 132 valence electrons. The van der Waals surface area contributed by atoms with Crippen molar-refractivity contribution in [2.75, 3.05) is 12.4 Å². The highest BCUT2D eigenvalue weighted by atomic mass is 19.4. The number of benzene rings is 1. The second-order valence-corrected chi connectivity index (χ2v) is 5.79. The molecule has 2 N–H and O–H groups in total. The zero-order valence-electron chi connectivity index (χ0n) is 13.0. The Bertz CT molecular complexity index is 626. The van der Waals surface area contributed by atoms with Crippen molar-refractivity contribution >= 4 is 17.3 Å². The lowest BCUT2D eigenvalue weighted by Crippen LogP contribution is -2.34. The summed E-state index contributed by atoms with van der Waals surface area (Å²) in [7, 11) is 1.57. The van der Waals surface area contributed by atoms with Crippen LogP contribution in [0.5, 0.6) is 0 Å². The van der Waals surface area contributed by atoms with Crippen LogP contribution in [0.3, 0.4) is 0 Å². The summed E-state index contributed by atoms with van der Waals surface area (Å²) in [5, 5.41) is 16.3. The summed E-state index contributed by atoms with van der Waals surface area (Å²) in [5.74, 6) is -0.0983. The third-order valence-corrected chi connectivity index (χ3v) is 4.21. The third kappa shape index (κ3) is 4.15. The van der Waals surface area contributed by atoms with Gasteiger partial charge in [-0.2, -0.15) is 13.2 Å². The molecule has 1 aromatic carbocycles. The van der Waals surface area contributed by atoms with Gasteiger partial charge in [0.15, 0.2) is 0 Å².